The van der Waals surface area contributed by atoms with Crippen molar-refractivity contribution < 1.29 is 9.53 Å². The second kappa shape index (κ2) is 8.08. The number of carbonyl (C=O) groups is 1. The Bertz CT molecular complexity index is 783. The fourth-order valence-corrected chi connectivity index (χ4v) is 4.93. The summed E-state index contributed by atoms with van der Waals surface area (Å²) in [5.41, 5.74) is 1.33. The first kappa shape index (κ1) is 18.6. The smallest absolute Gasteiger partial charge is 0.223 e. The van der Waals surface area contributed by atoms with Crippen LogP contribution in [0.4, 0.5) is 0 Å². The number of rotatable bonds is 5. The molecule has 2 aliphatic rings. The van der Waals surface area contributed by atoms with Gasteiger partial charge in [0, 0.05) is 43.6 Å². The van der Waals surface area contributed by atoms with Crippen molar-refractivity contribution in [2.75, 3.05) is 26.3 Å². The number of carbonyl (C=O) groups excluding carboxylic acids is 1. The van der Waals surface area contributed by atoms with E-state index in [1.165, 1.54) is 10.4 Å². The quantitative estimate of drug-likeness (QED) is 0.817. The molecule has 0 aliphatic carbocycles. The molecule has 2 N–H and O–H groups in total. The van der Waals surface area contributed by atoms with E-state index in [1.807, 2.05) is 6.92 Å². The fourth-order valence-electron chi connectivity index (χ4n) is 3.98. The van der Waals surface area contributed by atoms with Crippen LogP contribution in [-0.4, -0.2) is 58.3 Å². The summed E-state index contributed by atoms with van der Waals surface area (Å²) >= 11 is 1.80. The Morgan fingerprint density at radius 3 is 2.85 bits per heavy atom. The van der Waals surface area contributed by atoms with Gasteiger partial charge < -0.3 is 10.1 Å². The van der Waals surface area contributed by atoms with Gasteiger partial charge in [-0.15, -0.1) is 11.3 Å². The van der Waals surface area contributed by atoms with Crippen molar-refractivity contribution in [3.05, 3.63) is 33.5 Å². The Labute approximate surface area is 163 Å². The maximum absolute atomic E-state index is 12.8. The summed E-state index contributed by atoms with van der Waals surface area (Å²) in [5.74, 6) is 1.93. The zero-order valence-corrected chi connectivity index (χ0v) is 16.7. The fraction of sp³-hybridized carbons (Fsp3) is 0.632. The maximum Gasteiger partial charge on any atom is 0.223 e. The van der Waals surface area contributed by atoms with Crippen molar-refractivity contribution >= 4 is 17.2 Å². The normalized spacial score (nSPS) is 24.4. The average molecular weight is 390 g/mol. The SMILES string of the molecule is Cc1nc([C@@H]2CN(Cc3sccc3C)C[C@H]2NC(=O)C2CCOCC2)n[nH]1. The minimum Gasteiger partial charge on any atom is -0.381 e. The van der Waals surface area contributed by atoms with E-state index in [-0.39, 0.29) is 23.8 Å². The number of amides is 1. The molecule has 0 bridgehead atoms. The van der Waals surface area contributed by atoms with Crippen LogP contribution >= 0.6 is 11.3 Å². The Hall–Kier alpha value is -1.77. The molecule has 4 rings (SSSR count). The Morgan fingerprint density at radius 2 is 2.19 bits per heavy atom. The molecule has 146 valence electrons. The highest BCUT2D eigenvalue weighted by atomic mass is 32.1. The van der Waals surface area contributed by atoms with Crippen molar-refractivity contribution in [1.82, 2.24) is 25.4 Å². The molecule has 0 saturated carbocycles. The molecule has 8 heteroatoms. The van der Waals surface area contributed by atoms with Gasteiger partial charge in [-0.25, -0.2) is 4.98 Å². The van der Waals surface area contributed by atoms with Crippen LogP contribution in [0.15, 0.2) is 11.4 Å². The number of aromatic amines is 1. The Kier molecular flexibility index (Phi) is 5.56. The van der Waals surface area contributed by atoms with Crippen molar-refractivity contribution in [2.45, 2.75) is 45.2 Å². The highest BCUT2D eigenvalue weighted by Gasteiger charge is 2.38. The Balaban J connectivity index is 1.47. The van der Waals surface area contributed by atoms with Gasteiger partial charge in [0.25, 0.3) is 0 Å². The van der Waals surface area contributed by atoms with Crippen LogP contribution in [0, 0.1) is 19.8 Å². The molecule has 27 heavy (non-hydrogen) atoms. The molecule has 0 spiro atoms. The monoisotopic (exact) mass is 389 g/mol. The van der Waals surface area contributed by atoms with Gasteiger partial charge in [-0.05, 0) is 43.7 Å². The summed E-state index contributed by atoms with van der Waals surface area (Å²) in [6.07, 6.45) is 1.61. The molecule has 7 nitrogen and oxygen atoms in total. The zero-order chi connectivity index (χ0) is 18.8. The minimum absolute atomic E-state index is 0.0378. The van der Waals surface area contributed by atoms with E-state index in [2.05, 4.69) is 43.8 Å². The Morgan fingerprint density at radius 1 is 1.37 bits per heavy atom. The summed E-state index contributed by atoms with van der Waals surface area (Å²) in [6, 6.07) is 2.20. The molecule has 2 saturated heterocycles. The van der Waals surface area contributed by atoms with E-state index < -0.39 is 0 Å². The van der Waals surface area contributed by atoms with Crippen LogP contribution in [0.1, 0.15) is 40.8 Å². The van der Waals surface area contributed by atoms with Crippen LogP contribution in [0.2, 0.25) is 0 Å². The minimum atomic E-state index is 0.0378. The van der Waals surface area contributed by atoms with Gasteiger partial charge in [-0.1, -0.05) is 0 Å². The molecule has 4 heterocycles. The van der Waals surface area contributed by atoms with E-state index in [0.717, 1.165) is 44.1 Å². The zero-order valence-electron chi connectivity index (χ0n) is 15.9. The van der Waals surface area contributed by atoms with E-state index in [4.69, 9.17) is 4.74 Å². The number of nitrogens with zero attached hydrogens (tertiary/aromatic N) is 3. The molecular weight excluding hydrogens is 362 g/mol. The highest BCUT2D eigenvalue weighted by Crippen LogP contribution is 2.29. The maximum atomic E-state index is 12.8. The second-order valence-corrected chi connectivity index (χ2v) is 8.61. The van der Waals surface area contributed by atoms with E-state index in [9.17, 15) is 4.79 Å². The van der Waals surface area contributed by atoms with Gasteiger partial charge in [-0.3, -0.25) is 14.8 Å². The number of aryl methyl sites for hydroxylation is 2. The highest BCUT2D eigenvalue weighted by molar-refractivity contribution is 7.10. The standard InChI is InChI=1S/C19H27N5O2S/c1-12-5-8-27-17(12)11-24-9-15(18-20-13(2)22-23-18)16(10-24)21-19(25)14-3-6-26-7-4-14/h5,8,14-16H,3-4,6-7,9-11H2,1-2H3,(H,21,25)(H,20,22,23)/t15-,16-/m1/s1. The summed E-state index contributed by atoms with van der Waals surface area (Å²) in [6.45, 7) is 8.01. The number of nitrogens with one attached hydrogen (secondary N) is 2. The molecule has 0 unspecified atom stereocenters. The van der Waals surface area contributed by atoms with Gasteiger partial charge in [0.1, 0.15) is 5.82 Å². The molecule has 0 aromatic carbocycles. The van der Waals surface area contributed by atoms with Crippen LogP contribution in [0.5, 0.6) is 0 Å². The first-order valence-electron chi connectivity index (χ1n) is 9.62. The lowest BCUT2D eigenvalue weighted by atomic mass is 9.97. The average Bonchev–Trinajstić information content (AvgIpc) is 3.37. The summed E-state index contributed by atoms with van der Waals surface area (Å²) in [5, 5.41) is 12.8. The second-order valence-electron chi connectivity index (χ2n) is 7.61. The summed E-state index contributed by atoms with van der Waals surface area (Å²) < 4.78 is 5.39. The van der Waals surface area contributed by atoms with Gasteiger partial charge >= 0.3 is 0 Å². The number of hydrogen-bond donors (Lipinski definition) is 2. The number of thiophene rings is 1. The lowest BCUT2D eigenvalue weighted by Crippen LogP contribution is -2.44. The molecule has 2 fully saturated rings. The summed E-state index contributed by atoms with van der Waals surface area (Å²) in [4.78, 5) is 21.1. The molecule has 1 amide bonds. The third kappa shape index (κ3) is 4.23. The number of aromatic nitrogens is 3. The van der Waals surface area contributed by atoms with Gasteiger partial charge in [0.05, 0.1) is 12.0 Å². The van der Waals surface area contributed by atoms with Gasteiger partial charge in [-0.2, -0.15) is 5.10 Å². The van der Waals surface area contributed by atoms with Crippen LogP contribution in [0.3, 0.4) is 0 Å². The van der Waals surface area contributed by atoms with Gasteiger partial charge in [0.15, 0.2) is 5.82 Å². The molecule has 2 aliphatic heterocycles. The van der Waals surface area contributed by atoms with Crippen molar-refractivity contribution in [2.24, 2.45) is 5.92 Å². The predicted octanol–water partition coefficient (Wildman–Crippen LogP) is 1.99. The van der Waals surface area contributed by atoms with E-state index >= 15 is 0 Å². The van der Waals surface area contributed by atoms with Crippen LogP contribution in [0.25, 0.3) is 0 Å². The third-order valence-electron chi connectivity index (χ3n) is 5.60. The number of ether oxygens (including phenoxy) is 1. The van der Waals surface area contributed by atoms with Crippen molar-refractivity contribution in [3.8, 4) is 0 Å². The molecular formula is C19H27N5O2S. The van der Waals surface area contributed by atoms with E-state index in [0.29, 0.717) is 13.2 Å². The predicted molar refractivity (Wildman–Crippen MR) is 104 cm³/mol. The third-order valence-corrected chi connectivity index (χ3v) is 6.60. The van der Waals surface area contributed by atoms with Crippen LogP contribution < -0.4 is 5.32 Å². The largest absolute Gasteiger partial charge is 0.381 e. The molecule has 0 radical (unpaired) electrons. The van der Waals surface area contributed by atoms with E-state index in [1.54, 1.807) is 11.3 Å². The number of likely N-dealkylation sites (tertiary alicyclic amines) is 1. The first-order chi connectivity index (χ1) is 13.1. The molecule has 2 atom stereocenters. The summed E-state index contributed by atoms with van der Waals surface area (Å²) in [7, 11) is 0. The molecule has 2 aromatic rings. The number of H-pyrrole nitrogens is 1. The lowest BCUT2D eigenvalue weighted by Gasteiger charge is -2.25. The van der Waals surface area contributed by atoms with Crippen LogP contribution in [-0.2, 0) is 16.1 Å². The van der Waals surface area contributed by atoms with Gasteiger partial charge in [0.2, 0.25) is 5.91 Å². The molecule has 2 aromatic heterocycles. The van der Waals surface area contributed by atoms with Crippen molar-refractivity contribution in [3.63, 3.8) is 0 Å². The lowest BCUT2D eigenvalue weighted by molar-refractivity contribution is -0.128. The first-order valence-corrected chi connectivity index (χ1v) is 10.5. The van der Waals surface area contributed by atoms with Crippen molar-refractivity contribution in [1.29, 1.82) is 0 Å². The number of hydrogen-bond acceptors (Lipinski definition) is 6. The topological polar surface area (TPSA) is 83.1 Å².